The van der Waals surface area contributed by atoms with Crippen molar-refractivity contribution < 1.29 is 5.11 Å². The van der Waals surface area contributed by atoms with Crippen molar-refractivity contribution in [3.63, 3.8) is 0 Å². The third-order valence-corrected chi connectivity index (χ3v) is 2.82. The smallest absolute Gasteiger partial charge is 0.0586 e. The van der Waals surface area contributed by atoms with Gasteiger partial charge in [-0.05, 0) is 38.3 Å². The van der Waals surface area contributed by atoms with Crippen LogP contribution in [0.5, 0.6) is 0 Å². The molecule has 1 unspecified atom stereocenters. The first-order chi connectivity index (χ1) is 5.77. The average molecular weight is 171 g/mol. The van der Waals surface area contributed by atoms with Crippen molar-refractivity contribution in [2.24, 2.45) is 5.92 Å². The van der Waals surface area contributed by atoms with E-state index in [0.29, 0.717) is 12.6 Å². The van der Waals surface area contributed by atoms with Crippen molar-refractivity contribution in [2.45, 2.75) is 39.2 Å². The Kier molecular flexibility index (Phi) is 4.02. The van der Waals surface area contributed by atoms with Gasteiger partial charge in [-0.25, -0.2) is 0 Å². The molecule has 12 heavy (non-hydrogen) atoms. The monoisotopic (exact) mass is 171 g/mol. The van der Waals surface area contributed by atoms with E-state index >= 15 is 0 Å². The second-order valence-corrected chi connectivity index (χ2v) is 4.00. The summed E-state index contributed by atoms with van der Waals surface area (Å²) in [4.78, 5) is 2.43. The maximum absolute atomic E-state index is 9.16. The van der Waals surface area contributed by atoms with Crippen LogP contribution in [0.25, 0.3) is 0 Å². The Morgan fingerprint density at radius 3 is 2.83 bits per heavy atom. The third kappa shape index (κ3) is 2.46. The molecule has 2 heteroatoms. The van der Waals surface area contributed by atoms with Gasteiger partial charge in [-0.3, -0.25) is 4.90 Å². The Balaban J connectivity index is 2.39. The Bertz CT molecular complexity index is 127. The summed E-state index contributed by atoms with van der Waals surface area (Å²) in [6, 6.07) is 0.439. The van der Waals surface area contributed by atoms with Gasteiger partial charge in [0.25, 0.3) is 0 Å². The minimum absolute atomic E-state index is 0.338. The highest BCUT2D eigenvalue weighted by Crippen LogP contribution is 2.21. The second kappa shape index (κ2) is 4.83. The van der Waals surface area contributed by atoms with Gasteiger partial charge in [0.05, 0.1) is 6.61 Å². The van der Waals surface area contributed by atoms with Crippen LogP contribution >= 0.6 is 0 Å². The highest BCUT2D eigenvalue weighted by molar-refractivity contribution is 4.79. The molecule has 0 radical (unpaired) electrons. The molecule has 0 amide bonds. The lowest BCUT2D eigenvalue weighted by Crippen LogP contribution is -2.44. The van der Waals surface area contributed by atoms with Crippen molar-refractivity contribution in [3.8, 4) is 0 Å². The Morgan fingerprint density at radius 2 is 2.25 bits per heavy atom. The van der Waals surface area contributed by atoms with Crippen LogP contribution in [0.2, 0.25) is 0 Å². The molecular formula is C10H21NO. The van der Waals surface area contributed by atoms with Gasteiger partial charge in [0.2, 0.25) is 0 Å². The van der Waals surface area contributed by atoms with Crippen molar-refractivity contribution >= 4 is 0 Å². The number of hydrogen-bond acceptors (Lipinski definition) is 2. The zero-order chi connectivity index (χ0) is 8.97. The van der Waals surface area contributed by atoms with E-state index in [1.165, 1.54) is 25.8 Å². The molecule has 1 heterocycles. The maximum Gasteiger partial charge on any atom is 0.0586 e. The largest absolute Gasteiger partial charge is 0.395 e. The molecule has 0 spiro atoms. The van der Waals surface area contributed by atoms with Crippen molar-refractivity contribution in [2.75, 3.05) is 19.7 Å². The standard InChI is InChI=1S/C10H21NO/c1-3-5-11-6-4-9(2)7-10(11)8-12/h9-10,12H,3-8H2,1-2H3/t9-,10?/m0/s1. The van der Waals surface area contributed by atoms with Crippen molar-refractivity contribution in [3.05, 3.63) is 0 Å². The molecule has 1 fully saturated rings. The first-order valence-electron chi connectivity index (χ1n) is 5.12. The molecule has 0 aromatic carbocycles. The van der Waals surface area contributed by atoms with Crippen LogP contribution in [-0.4, -0.2) is 35.7 Å². The van der Waals surface area contributed by atoms with Crippen molar-refractivity contribution in [1.82, 2.24) is 4.90 Å². The Hall–Kier alpha value is -0.0800. The summed E-state index contributed by atoms with van der Waals surface area (Å²) in [5, 5.41) is 9.16. The summed E-state index contributed by atoms with van der Waals surface area (Å²) in [6.45, 7) is 7.15. The first kappa shape index (κ1) is 10.0. The fraction of sp³-hybridized carbons (Fsp3) is 1.00. The van der Waals surface area contributed by atoms with E-state index in [9.17, 15) is 0 Å². The molecule has 1 rings (SSSR count). The summed E-state index contributed by atoms with van der Waals surface area (Å²) in [6.07, 6.45) is 3.68. The maximum atomic E-state index is 9.16. The molecule has 0 aliphatic carbocycles. The number of piperidine rings is 1. The minimum Gasteiger partial charge on any atom is -0.395 e. The second-order valence-electron chi connectivity index (χ2n) is 4.00. The summed E-state index contributed by atoms with van der Waals surface area (Å²) in [7, 11) is 0. The number of nitrogens with zero attached hydrogens (tertiary/aromatic N) is 1. The molecule has 1 aliphatic rings. The molecular weight excluding hydrogens is 150 g/mol. The van der Waals surface area contributed by atoms with Crippen LogP contribution in [-0.2, 0) is 0 Å². The SMILES string of the molecule is CCCN1CC[C@H](C)CC1CO. The van der Waals surface area contributed by atoms with Crippen LogP contribution in [0, 0.1) is 5.92 Å². The van der Waals surface area contributed by atoms with E-state index in [0.717, 1.165) is 12.5 Å². The summed E-state index contributed by atoms with van der Waals surface area (Å²) < 4.78 is 0. The predicted molar refractivity (Wildman–Crippen MR) is 51.1 cm³/mol. The Morgan fingerprint density at radius 1 is 1.50 bits per heavy atom. The highest BCUT2D eigenvalue weighted by Gasteiger charge is 2.24. The molecule has 0 saturated carbocycles. The number of aliphatic hydroxyl groups excluding tert-OH is 1. The van der Waals surface area contributed by atoms with Gasteiger partial charge < -0.3 is 5.11 Å². The predicted octanol–water partition coefficient (Wildman–Crippen LogP) is 1.49. The van der Waals surface area contributed by atoms with Crippen LogP contribution in [0.15, 0.2) is 0 Å². The number of rotatable bonds is 3. The minimum atomic E-state index is 0.338. The molecule has 0 aromatic rings. The summed E-state index contributed by atoms with van der Waals surface area (Å²) in [5.41, 5.74) is 0. The molecule has 1 N–H and O–H groups in total. The molecule has 1 saturated heterocycles. The van der Waals surface area contributed by atoms with E-state index in [1.807, 2.05) is 0 Å². The van der Waals surface area contributed by atoms with Crippen LogP contribution in [0.3, 0.4) is 0 Å². The van der Waals surface area contributed by atoms with Gasteiger partial charge in [0.15, 0.2) is 0 Å². The average Bonchev–Trinajstić information content (AvgIpc) is 2.08. The third-order valence-electron chi connectivity index (χ3n) is 2.82. The lowest BCUT2D eigenvalue weighted by molar-refractivity contribution is 0.0695. The summed E-state index contributed by atoms with van der Waals surface area (Å²) in [5.74, 6) is 0.801. The fourth-order valence-corrected chi connectivity index (χ4v) is 2.07. The molecule has 0 bridgehead atoms. The van der Waals surface area contributed by atoms with E-state index in [-0.39, 0.29) is 0 Å². The number of aliphatic hydroxyl groups is 1. The molecule has 0 aromatic heterocycles. The van der Waals surface area contributed by atoms with Gasteiger partial charge in [0.1, 0.15) is 0 Å². The zero-order valence-electron chi connectivity index (χ0n) is 8.29. The van der Waals surface area contributed by atoms with Gasteiger partial charge >= 0.3 is 0 Å². The summed E-state index contributed by atoms with van der Waals surface area (Å²) >= 11 is 0. The van der Waals surface area contributed by atoms with E-state index < -0.39 is 0 Å². The number of hydrogen-bond donors (Lipinski definition) is 1. The quantitative estimate of drug-likeness (QED) is 0.695. The van der Waals surface area contributed by atoms with Crippen LogP contribution in [0.4, 0.5) is 0 Å². The Labute approximate surface area is 75.6 Å². The van der Waals surface area contributed by atoms with E-state index in [1.54, 1.807) is 0 Å². The van der Waals surface area contributed by atoms with Gasteiger partial charge in [0, 0.05) is 6.04 Å². The zero-order valence-corrected chi connectivity index (χ0v) is 8.29. The van der Waals surface area contributed by atoms with E-state index in [4.69, 9.17) is 5.11 Å². The molecule has 2 atom stereocenters. The molecule has 2 nitrogen and oxygen atoms in total. The lowest BCUT2D eigenvalue weighted by Gasteiger charge is -2.37. The number of likely N-dealkylation sites (tertiary alicyclic amines) is 1. The first-order valence-corrected chi connectivity index (χ1v) is 5.12. The van der Waals surface area contributed by atoms with Gasteiger partial charge in [-0.1, -0.05) is 13.8 Å². The molecule has 72 valence electrons. The van der Waals surface area contributed by atoms with Gasteiger partial charge in [-0.15, -0.1) is 0 Å². The molecule has 1 aliphatic heterocycles. The van der Waals surface area contributed by atoms with E-state index in [2.05, 4.69) is 18.7 Å². The topological polar surface area (TPSA) is 23.5 Å². The normalized spacial score (nSPS) is 32.2. The lowest BCUT2D eigenvalue weighted by atomic mass is 9.93. The fourth-order valence-electron chi connectivity index (χ4n) is 2.07. The van der Waals surface area contributed by atoms with Crippen LogP contribution < -0.4 is 0 Å². The van der Waals surface area contributed by atoms with Crippen molar-refractivity contribution in [1.29, 1.82) is 0 Å². The highest BCUT2D eigenvalue weighted by atomic mass is 16.3. The van der Waals surface area contributed by atoms with Gasteiger partial charge in [-0.2, -0.15) is 0 Å². The van der Waals surface area contributed by atoms with Crippen LogP contribution in [0.1, 0.15) is 33.1 Å².